The number of Topliss-reactive ketones (excluding diaryl/α,β-unsaturated/α-hetero) is 1. The van der Waals surface area contributed by atoms with Crippen molar-refractivity contribution < 1.29 is 19.7 Å². The van der Waals surface area contributed by atoms with Crippen LogP contribution in [0, 0.1) is 0 Å². The van der Waals surface area contributed by atoms with Gasteiger partial charge in [0, 0.05) is 12.8 Å². The number of ketones is 1. The highest BCUT2D eigenvalue weighted by Gasteiger charge is 2.37. The lowest BCUT2D eigenvalue weighted by molar-refractivity contribution is -0.248. The molecule has 0 aromatic carbocycles. The molecule has 0 bridgehead atoms. The summed E-state index contributed by atoms with van der Waals surface area (Å²) in [5.74, 6) is -1.19. The van der Waals surface area contributed by atoms with Crippen LogP contribution in [0.4, 0.5) is 0 Å². The second-order valence-corrected chi connectivity index (χ2v) is 5.08. The molecule has 0 saturated heterocycles. The zero-order valence-corrected chi connectivity index (χ0v) is 9.52. The summed E-state index contributed by atoms with van der Waals surface area (Å²) < 4.78 is 5.64. The van der Waals surface area contributed by atoms with Gasteiger partial charge in [0.25, 0.3) is 0 Å². The van der Waals surface area contributed by atoms with Gasteiger partial charge < -0.3 is 14.9 Å². The summed E-state index contributed by atoms with van der Waals surface area (Å²) in [5, 5.41) is 19.7. The Balaban J connectivity index is 1.89. The van der Waals surface area contributed by atoms with E-state index in [1.807, 2.05) is 0 Å². The van der Waals surface area contributed by atoms with Crippen LogP contribution in [-0.2, 0) is 9.53 Å². The van der Waals surface area contributed by atoms with E-state index in [4.69, 9.17) is 4.74 Å². The van der Waals surface area contributed by atoms with Gasteiger partial charge in [-0.15, -0.1) is 0 Å². The molecule has 2 saturated carbocycles. The van der Waals surface area contributed by atoms with Crippen LogP contribution in [0.3, 0.4) is 0 Å². The van der Waals surface area contributed by atoms with Gasteiger partial charge in [-0.05, 0) is 32.1 Å². The normalized spacial score (nSPS) is 41.0. The third-order valence-corrected chi connectivity index (χ3v) is 3.48. The lowest BCUT2D eigenvalue weighted by Crippen LogP contribution is -2.43. The first-order valence-electron chi connectivity index (χ1n) is 6.17. The summed E-state index contributed by atoms with van der Waals surface area (Å²) in [6.45, 7) is 0. The number of rotatable bonds is 2. The van der Waals surface area contributed by atoms with E-state index >= 15 is 0 Å². The van der Waals surface area contributed by atoms with E-state index in [1.165, 1.54) is 0 Å². The largest absolute Gasteiger partial charge is 0.393 e. The summed E-state index contributed by atoms with van der Waals surface area (Å²) in [7, 11) is 0. The Hall–Kier alpha value is -0.450. The topological polar surface area (TPSA) is 66.8 Å². The Labute approximate surface area is 95.6 Å². The molecule has 0 spiro atoms. The maximum absolute atomic E-state index is 11.3. The SMILES string of the molecule is O=C1CCCC(O)(OC2CCCC(O)C2)C1. The predicted octanol–water partition coefficient (Wildman–Crippen LogP) is 1.14. The van der Waals surface area contributed by atoms with Crippen molar-refractivity contribution in [3.8, 4) is 0 Å². The van der Waals surface area contributed by atoms with Crippen LogP contribution >= 0.6 is 0 Å². The van der Waals surface area contributed by atoms with Gasteiger partial charge in [0.2, 0.25) is 0 Å². The number of carbonyl (C=O) groups excluding carboxylic acids is 1. The number of hydrogen-bond acceptors (Lipinski definition) is 4. The molecule has 3 atom stereocenters. The Kier molecular flexibility index (Phi) is 3.62. The fourth-order valence-electron chi connectivity index (χ4n) is 2.68. The van der Waals surface area contributed by atoms with Crippen molar-refractivity contribution in [1.82, 2.24) is 0 Å². The van der Waals surface area contributed by atoms with E-state index < -0.39 is 5.79 Å². The minimum atomic E-state index is -1.27. The molecular weight excluding hydrogens is 208 g/mol. The van der Waals surface area contributed by atoms with Gasteiger partial charge in [0.15, 0.2) is 5.79 Å². The van der Waals surface area contributed by atoms with E-state index in [0.29, 0.717) is 25.7 Å². The lowest BCUT2D eigenvalue weighted by Gasteiger charge is -2.37. The maximum atomic E-state index is 11.3. The van der Waals surface area contributed by atoms with Crippen LogP contribution in [0.2, 0.25) is 0 Å². The van der Waals surface area contributed by atoms with E-state index in [0.717, 1.165) is 19.3 Å². The maximum Gasteiger partial charge on any atom is 0.172 e. The molecule has 3 unspecified atom stereocenters. The summed E-state index contributed by atoms with van der Waals surface area (Å²) in [6, 6.07) is 0. The molecular formula is C12H20O4. The quantitative estimate of drug-likeness (QED) is 0.695. The van der Waals surface area contributed by atoms with Crippen molar-refractivity contribution in [3.63, 3.8) is 0 Å². The van der Waals surface area contributed by atoms with Crippen molar-refractivity contribution in [2.24, 2.45) is 0 Å². The summed E-state index contributed by atoms with van der Waals surface area (Å²) in [5.41, 5.74) is 0. The van der Waals surface area contributed by atoms with Gasteiger partial charge in [0.05, 0.1) is 18.6 Å². The highest BCUT2D eigenvalue weighted by molar-refractivity contribution is 5.79. The number of aliphatic hydroxyl groups is 2. The molecule has 92 valence electrons. The molecule has 0 radical (unpaired) electrons. The van der Waals surface area contributed by atoms with Gasteiger partial charge in [-0.2, -0.15) is 0 Å². The van der Waals surface area contributed by atoms with Crippen molar-refractivity contribution in [3.05, 3.63) is 0 Å². The zero-order chi connectivity index (χ0) is 11.6. The van der Waals surface area contributed by atoms with Crippen LogP contribution in [0.1, 0.15) is 51.4 Å². The van der Waals surface area contributed by atoms with Gasteiger partial charge in [-0.25, -0.2) is 0 Å². The van der Waals surface area contributed by atoms with Crippen LogP contribution in [0.5, 0.6) is 0 Å². The molecule has 0 amide bonds. The van der Waals surface area contributed by atoms with E-state index in [9.17, 15) is 15.0 Å². The molecule has 2 fully saturated rings. The van der Waals surface area contributed by atoms with Gasteiger partial charge in [0.1, 0.15) is 5.78 Å². The third kappa shape index (κ3) is 3.03. The van der Waals surface area contributed by atoms with Crippen LogP contribution < -0.4 is 0 Å². The number of carbonyl (C=O) groups is 1. The Morgan fingerprint density at radius 3 is 2.81 bits per heavy atom. The van der Waals surface area contributed by atoms with Crippen molar-refractivity contribution in [1.29, 1.82) is 0 Å². The Morgan fingerprint density at radius 1 is 1.31 bits per heavy atom. The number of ether oxygens (including phenoxy) is 1. The predicted molar refractivity (Wildman–Crippen MR) is 57.8 cm³/mol. The number of hydrogen-bond donors (Lipinski definition) is 2. The lowest BCUT2D eigenvalue weighted by atomic mass is 9.91. The van der Waals surface area contributed by atoms with Crippen molar-refractivity contribution >= 4 is 5.78 Å². The molecule has 0 aromatic heterocycles. The van der Waals surface area contributed by atoms with Crippen molar-refractivity contribution in [2.45, 2.75) is 69.4 Å². The van der Waals surface area contributed by atoms with E-state index in [1.54, 1.807) is 0 Å². The first kappa shape index (κ1) is 12.0. The average Bonchev–Trinajstić information content (AvgIpc) is 2.16. The van der Waals surface area contributed by atoms with Crippen molar-refractivity contribution in [2.75, 3.05) is 0 Å². The Morgan fingerprint density at radius 2 is 2.12 bits per heavy atom. The summed E-state index contributed by atoms with van der Waals surface area (Å²) >= 11 is 0. The second kappa shape index (κ2) is 4.82. The molecule has 4 nitrogen and oxygen atoms in total. The molecule has 2 rings (SSSR count). The minimum Gasteiger partial charge on any atom is -0.393 e. The molecule has 2 aliphatic carbocycles. The molecule has 4 heteroatoms. The smallest absolute Gasteiger partial charge is 0.172 e. The van der Waals surface area contributed by atoms with E-state index in [-0.39, 0.29) is 24.4 Å². The first-order chi connectivity index (χ1) is 7.57. The summed E-state index contributed by atoms with van der Waals surface area (Å²) in [6.07, 6.45) is 4.67. The molecule has 16 heavy (non-hydrogen) atoms. The Bertz CT molecular complexity index is 266. The second-order valence-electron chi connectivity index (χ2n) is 5.08. The molecule has 0 heterocycles. The molecule has 0 aromatic rings. The summed E-state index contributed by atoms with van der Waals surface area (Å²) in [4.78, 5) is 11.3. The van der Waals surface area contributed by atoms with Gasteiger partial charge >= 0.3 is 0 Å². The zero-order valence-electron chi connectivity index (χ0n) is 9.52. The average molecular weight is 228 g/mol. The fraction of sp³-hybridized carbons (Fsp3) is 0.917. The molecule has 0 aliphatic heterocycles. The standard InChI is InChI=1S/C12H20O4/c13-9-3-1-5-11(7-9)16-12(15)6-2-4-10(14)8-12/h9,11,13,15H,1-8H2. The van der Waals surface area contributed by atoms with Crippen LogP contribution in [0.25, 0.3) is 0 Å². The van der Waals surface area contributed by atoms with Crippen LogP contribution in [0.15, 0.2) is 0 Å². The van der Waals surface area contributed by atoms with Gasteiger partial charge in [-0.1, -0.05) is 0 Å². The van der Waals surface area contributed by atoms with E-state index in [2.05, 4.69) is 0 Å². The molecule has 2 aliphatic rings. The minimum absolute atomic E-state index is 0.0742. The van der Waals surface area contributed by atoms with Crippen LogP contribution in [-0.4, -0.2) is 34.0 Å². The monoisotopic (exact) mass is 228 g/mol. The highest BCUT2D eigenvalue weighted by Crippen LogP contribution is 2.32. The highest BCUT2D eigenvalue weighted by atomic mass is 16.6. The third-order valence-electron chi connectivity index (χ3n) is 3.48. The number of aliphatic hydroxyl groups excluding tert-OH is 1. The fourth-order valence-corrected chi connectivity index (χ4v) is 2.68. The van der Waals surface area contributed by atoms with Gasteiger partial charge in [-0.3, -0.25) is 4.79 Å². The first-order valence-corrected chi connectivity index (χ1v) is 6.17. The molecule has 2 N–H and O–H groups in total.